The summed E-state index contributed by atoms with van der Waals surface area (Å²) >= 11 is 0. The lowest BCUT2D eigenvalue weighted by Crippen LogP contribution is -2.48. The smallest absolute Gasteiger partial charge is 0.0258 e. The lowest BCUT2D eigenvalue weighted by molar-refractivity contribution is 0.0408. The van der Waals surface area contributed by atoms with Gasteiger partial charge in [-0.15, -0.1) is 0 Å². The molecule has 0 amide bonds. The van der Waals surface area contributed by atoms with Gasteiger partial charge in [0, 0.05) is 12.6 Å². The van der Waals surface area contributed by atoms with Crippen molar-refractivity contribution in [2.75, 3.05) is 26.2 Å². The van der Waals surface area contributed by atoms with Crippen LogP contribution in [-0.2, 0) is 0 Å². The number of nitrogens with one attached hydrogen (secondary N) is 1. The highest BCUT2D eigenvalue weighted by atomic mass is 15.2. The highest BCUT2D eigenvalue weighted by molar-refractivity contribution is 4.93. The molecule has 3 rings (SSSR count). The Balaban J connectivity index is 1.56. The molecule has 1 spiro atoms. The molecule has 3 aliphatic rings. The van der Waals surface area contributed by atoms with Gasteiger partial charge in [-0.1, -0.05) is 26.2 Å². The van der Waals surface area contributed by atoms with Crippen molar-refractivity contribution in [3.8, 4) is 0 Å². The Hall–Kier alpha value is -0.0800. The number of hydrogen-bond acceptors (Lipinski definition) is 2. The minimum atomic E-state index is 0.768. The standard InChI is InChI=1S/C15H28N2/c1-13-11-16-12-14(13)17-9-7-15(8-10-17)5-3-2-4-6-15/h13-14,16H,2-12H2,1H3. The average Bonchev–Trinajstić information content (AvgIpc) is 2.78. The highest BCUT2D eigenvalue weighted by Gasteiger charge is 2.38. The van der Waals surface area contributed by atoms with Gasteiger partial charge in [-0.25, -0.2) is 0 Å². The van der Waals surface area contributed by atoms with Gasteiger partial charge in [0.25, 0.3) is 0 Å². The predicted octanol–water partition coefficient (Wildman–Crippen LogP) is 2.64. The van der Waals surface area contributed by atoms with Gasteiger partial charge in [0.1, 0.15) is 0 Å². The molecule has 17 heavy (non-hydrogen) atoms. The fourth-order valence-electron chi connectivity index (χ4n) is 4.42. The number of nitrogens with zero attached hydrogens (tertiary/aromatic N) is 1. The molecule has 2 saturated heterocycles. The van der Waals surface area contributed by atoms with Gasteiger partial charge in [0.15, 0.2) is 0 Å². The topological polar surface area (TPSA) is 15.3 Å². The second kappa shape index (κ2) is 4.89. The van der Waals surface area contributed by atoms with Crippen LogP contribution in [0.3, 0.4) is 0 Å². The van der Waals surface area contributed by atoms with Gasteiger partial charge in [-0.2, -0.15) is 0 Å². The van der Waals surface area contributed by atoms with E-state index in [0.717, 1.165) is 17.4 Å². The van der Waals surface area contributed by atoms with Crippen molar-refractivity contribution in [2.45, 2.75) is 57.9 Å². The Kier molecular flexibility index (Phi) is 3.45. The monoisotopic (exact) mass is 236 g/mol. The summed E-state index contributed by atoms with van der Waals surface area (Å²) in [6, 6.07) is 0.830. The summed E-state index contributed by atoms with van der Waals surface area (Å²) in [5.74, 6) is 0.857. The average molecular weight is 236 g/mol. The van der Waals surface area contributed by atoms with E-state index in [1.165, 1.54) is 71.1 Å². The van der Waals surface area contributed by atoms with Crippen LogP contribution < -0.4 is 5.32 Å². The van der Waals surface area contributed by atoms with Crippen LogP contribution in [0.4, 0.5) is 0 Å². The molecule has 98 valence electrons. The Morgan fingerprint density at radius 1 is 0.941 bits per heavy atom. The van der Waals surface area contributed by atoms with Gasteiger partial charge in [0.05, 0.1) is 0 Å². The third-order valence-electron chi connectivity index (χ3n) is 5.72. The van der Waals surface area contributed by atoms with Gasteiger partial charge >= 0.3 is 0 Å². The summed E-state index contributed by atoms with van der Waals surface area (Å²) in [5.41, 5.74) is 0.768. The quantitative estimate of drug-likeness (QED) is 0.753. The van der Waals surface area contributed by atoms with Crippen molar-refractivity contribution >= 4 is 0 Å². The van der Waals surface area contributed by atoms with Crippen molar-refractivity contribution < 1.29 is 0 Å². The SMILES string of the molecule is CC1CNCC1N1CCC2(CCCCC2)CC1. The zero-order valence-electron chi connectivity index (χ0n) is 11.4. The number of piperidine rings is 1. The van der Waals surface area contributed by atoms with Crippen LogP contribution in [0.2, 0.25) is 0 Å². The first-order chi connectivity index (χ1) is 8.29. The van der Waals surface area contributed by atoms with Crippen LogP contribution in [0, 0.1) is 11.3 Å². The molecule has 0 aromatic rings. The number of likely N-dealkylation sites (tertiary alicyclic amines) is 1. The molecule has 2 heteroatoms. The molecular weight excluding hydrogens is 208 g/mol. The summed E-state index contributed by atoms with van der Waals surface area (Å²) < 4.78 is 0. The maximum atomic E-state index is 3.55. The van der Waals surface area contributed by atoms with E-state index in [-0.39, 0.29) is 0 Å². The fourth-order valence-corrected chi connectivity index (χ4v) is 4.42. The number of rotatable bonds is 1. The summed E-state index contributed by atoms with van der Waals surface area (Å²) in [7, 11) is 0. The summed E-state index contributed by atoms with van der Waals surface area (Å²) in [4.78, 5) is 2.78. The molecule has 0 aromatic carbocycles. The third-order valence-corrected chi connectivity index (χ3v) is 5.72. The lowest BCUT2D eigenvalue weighted by Gasteiger charge is -2.46. The molecule has 2 nitrogen and oxygen atoms in total. The molecule has 1 N–H and O–H groups in total. The molecular formula is C15H28N2. The first-order valence-electron chi connectivity index (χ1n) is 7.74. The largest absolute Gasteiger partial charge is 0.315 e. The van der Waals surface area contributed by atoms with Crippen LogP contribution in [0.25, 0.3) is 0 Å². The van der Waals surface area contributed by atoms with Gasteiger partial charge in [0.2, 0.25) is 0 Å². The van der Waals surface area contributed by atoms with Crippen LogP contribution in [0.15, 0.2) is 0 Å². The van der Waals surface area contributed by atoms with Crippen molar-refractivity contribution in [1.82, 2.24) is 10.2 Å². The summed E-state index contributed by atoms with van der Waals surface area (Å²) in [6.07, 6.45) is 10.5. The second-order valence-electron chi connectivity index (χ2n) is 6.80. The fraction of sp³-hybridized carbons (Fsp3) is 1.00. The van der Waals surface area contributed by atoms with Gasteiger partial charge in [-0.05, 0) is 56.7 Å². The Bertz CT molecular complexity index is 248. The van der Waals surface area contributed by atoms with Crippen LogP contribution in [0.1, 0.15) is 51.9 Å². The van der Waals surface area contributed by atoms with Gasteiger partial charge < -0.3 is 5.32 Å². The summed E-state index contributed by atoms with van der Waals surface area (Å²) in [5, 5.41) is 3.55. The van der Waals surface area contributed by atoms with E-state index in [1.54, 1.807) is 0 Å². The van der Waals surface area contributed by atoms with Crippen molar-refractivity contribution in [1.29, 1.82) is 0 Å². The zero-order chi connectivity index (χ0) is 11.7. The molecule has 0 aromatic heterocycles. The maximum absolute atomic E-state index is 3.55. The minimum Gasteiger partial charge on any atom is -0.315 e. The van der Waals surface area contributed by atoms with E-state index in [1.807, 2.05) is 0 Å². The molecule has 2 aliphatic heterocycles. The second-order valence-corrected chi connectivity index (χ2v) is 6.80. The minimum absolute atomic E-state index is 0.768. The zero-order valence-corrected chi connectivity index (χ0v) is 11.4. The first kappa shape index (κ1) is 12.0. The Morgan fingerprint density at radius 3 is 2.24 bits per heavy atom. The van der Waals surface area contributed by atoms with Crippen molar-refractivity contribution in [3.63, 3.8) is 0 Å². The van der Waals surface area contributed by atoms with Crippen LogP contribution in [-0.4, -0.2) is 37.1 Å². The van der Waals surface area contributed by atoms with Crippen molar-refractivity contribution in [2.24, 2.45) is 11.3 Å². The van der Waals surface area contributed by atoms with Crippen molar-refractivity contribution in [3.05, 3.63) is 0 Å². The van der Waals surface area contributed by atoms with E-state index in [4.69, 9.17) is 0 Å². The molecule has 3 fully saturated rings. The third kappa shape index (κ3) is 2.39. The van der Waals surface area contributed by atoms with Crippen LogP contribution in [0.5, 0.6) is 0 Å². The van der Waals surface area contributed by atoms with Crippen LogP contribution >= 0.6 is 0 Å². The van der Waals surface area contributed by atoms with E-state index in [0.29, 0.717) is 0 Å². The highest BCUT2D eigenvalue weighted by Crippen LogP contribution is 2.45. The Morgan fingerprint density at radius 2 is 1.65 bits per heavy atom. The molecule has 1 aliphatic carbocycles. The molecule has 2 atom stereocenters. The van der Waals surface area contributed by atoms with E-state index in [9.17, 15) is 0 Å². The molecule has 0 radical (unpaired) electrons. The Labute approximate surface area is 106 Å². The van der Waals surface area contributed by atoms with E-state index >= 15 is 0 Å². The summed E-state index contributed by atoms with van der Waals surface area (Å²) in [6.45, 7) is 7.61. The maximum Gasteiger partial charge on any atom is 0.0258 e. The molecule has 1 saturated carbocycles. The number of hydrogen-bond donors (Lipinski definition) is 1. The molecule has 0 bridgehead atoms. The van der Waals surface area contributed by atoms with E-state index < -0.39 is 0 Å². The van der Waals surface area contributed by atoms with Gasteiger partial charge in [-0.3, -0.25) is 4.90 Å². The predicted molar refractivity (Wildman–Crippen MR) is 72.1 cm³/mol. The molecule has 2 heterocycles. The lowest BCUT2D eigenvalue weighted by atomic mass is 9.68. The normalized spacial score (nSPS) is 38.6. The first-order valence-corrected chi connectivity index (χ1v) is 7.74. The molecule has 2 unspecified atom stereocenters. The van der Waals surface area contributed by atoms with E-state index in [2.05, 4.69) is 17.1 Å².